The number of rotatable bonds is 0. The van der Waals surface area contributed by atoms with Crippen LogP contribution in [0.4, 0.5) is 0 Å². The Kier molecular flexibility index (Phi) is 3.99. The summed E-state index contributed by atoms with van der Waals surface area (Å²) < 4.78 is 2.05. The number of hydrogen-bond acceptors (Lipinski definition) is 2. The van der Waals surface area contributed by atoms with Gasteiger partial charge in [0.2, 0.25) is 0 Å². The second-order valence-electron chi connectivity index (χ2n) is 5.41. The van der Waals surface area contributed by atoms with Gasteiger partial charge in [0.05, 0.1) is 0 Å². The molecule has 0 aliphatic rings. The van der Waals surface area contributed by atoms with Crippen molar-refractivity contribution in [2.75, 3.05) is 0 Å². The van der Waals surface area contributed by atoms with Crippen LogP contribution in [0.2, 0.25) is 0 Å². The van der Waals surface area contributed by atoms with Gasteiger partial charge in [-0.2, -0.15) is 0 Å². The molecule has 2 aromatic carbocycles. The summed E-state index contributed by atoms with van der Waals surface area (Å²) in [4.78, 5) is 11.0. The average Bonchev–Trinajstić information content (AvgIpc) is 3.33. The zero-order valence-electron chi connectivity index (χ0n) is 13.1. The molecule has 2 heterocycles. The van der Waals surface area contributed by atoms with Gasteiger partial charge in [-0.15, -0.1) is 0 Å². The first-order valence-electron chi connectivity index (χ1n) is 7.37. The molecule has 0 aliphatic carbocycles. The van der Waals surface area contributed by atoms with Crippen molar-refractivity contribution in [2.45, 2.75) is 0 Å². The van der Waals surface area contributed by atoms with Crippen LogP contribution in [0.1, 0.15) is 0 Å². The Morgan fingerprint density at radius 3 is 1.54 bits per heavy atom. The predicted molar refractivity (Wildman–Crippen MR) is 103 cm³/mol. The van der Waals surface area contributed by atoms with Crippen molar-refractivity contribution >= 4 is 70.5 Å². The van der Waals surface area contributed by atoms with Crippen LogP contribution in [-0.2, 0) is 0 Å². The fraction of sp³-hybridized carbons (Fsp3) is 0. The van der Waals surface area contributed by atoms with Crippen LogP contribution < -0.4 is 10.4 Å². The average molecular weight is 460 g/mol. The molecule has 118 valence electrons. The van der Waals surface area contributed by atoms with Gasteiger partial charge in [-0.1, -0.05) is 0 Å². The Morgan fingerprint density at radius 2 is 1.19 bits per heavy atom. The fourth-order valence-electron chi connectivity index (χ4n) is 3.12. The van der Waals surface area contributed by atoms with Crippen molar-refractivity contribution in [1.29, 1.82) is 10.5 Å². The molecule has 0 spiro atoms. The molecule has 0 atom stereocenters. The quantitative estimate of drug-likeness (QED) is 0.299. The zero-order valence-corrected chi connectivity index (χ0v) is 16.5. The summed E-state index contributed by atoms with van der Waals surface area (Å²) in [5.74, 6) is 0. The first-order chi connectivity index (χ1) is 12.7. The van der Waals surface area contributed by atoms with Crippen LogP contribution in [0.15, 0.2) is 34.1 Å². The molecule has 26 heavy (non-hydrogen) atoms. The van der Waals surface area contributed by atoms with E-state index in [1.165, 1.54) is 0 Å². The Labute approximate surface area is 160 Å². The summed E-state index contributed by atoms with van der Waals surface area (Å²) >= 11 is 0.123. The molecule has 4 aromatic rings. The molecule has 2 aromatic heterocycles. The number of nitrogens with zero attached hydrogens (tertiary/aromatic N) is 4. The Balaban J connectivity index is 2.44. The first kappa shape index (κ1) is 16.4. The van der Waals surface area contributed by atoms with E-state index in [4.69, 9.17) is 13.1 Å². The Bertz CT molecular complexity index is 1370. The van der Waals surface area contributed by atoms with E-state index in [1.54, 1.807) is 0 Å². The second kappa shape index (κ2) is 6.33. The number of fused-ring (bicyclic) bond motifs is 5. The van der Waals surface area contributed by atoms with E-state index in [1.807, 2.05) is 36.4 Å². The molecule has 0 N–H and O–H groups in total. The normalized spacial score (nSPS) is 12.9. The molecule has 0 saturated heterocycles. The van der Waals surface area contributed by atoms with E-state index < -0.39 is 0 Å². The van der Waals surface area contributed by atoms with Gasteiger partial charge in [0.1, 0.15) is 0 Å². The van der Waals surface area contributed by atoms with Crippen molar-refractivity contribution in [1.82, 2.24) is 0 Å². The van der Waals surface area contributed by atoms with Crippen molar-refractivity contribution in [3.8, 4) is 12.1 Å². The summed E-state index contributed by atoms with van der Waals surface area (Å²) in [5.41, 5.74) is 0.231. The minimum absolute atomic E-state index is 0.0617. The van der Waals surface area contributed by atoms with E-state index in [0.717, 1.165) is 30.1 Å². The van der Waals surface area contributed by atoms with Crippen molar-refractivity contribution in [3.63, 3.8) is 0 Å². The zero-order chi connectivity index (χ0) is 18.3. The van der Waals surface area contributed by atoms with Gasteiger partial charge in [0.15, 0.2) is 0 Å². The molecule has 0 radical (unpaired) electrons. The first-order valence-corrected chi connectivity index (χ1v) is 11.1. The molecular weight excluding hydrogens is 454 g/mol. The molecule has 4 nitrogen and oxygen atoms in total. The van der Waals surface area contributed by atoms with Gasteiger partial charge in [-0.05, 0) is 0 Å². The topological polar surface area (TPSA) is 56.3 Å². The van der Waals surface area contributed by atoms with Gasteiger partial charge in [0, 0.05) is 0 Å². The van der Waals surface area contributed by atoms with Crippen LogP contribution in [-0.4, -0.2) is 29.0 Å². The van der Waals surface area contributed by atoms with Gasteiger partial charge in [0.25, 0.3) is 0 Å². The van der Waals surface area contributed by atoms with Gasteiger partial charge < -0.3 is 0 Å². The van der Waals surface area contributed by atoms with Crippen LogP contribution >= 0.6 is 0 Å². The summed E-state index contributed by atoms with van der Waals surface area (Å²) in [6.45, 7) is 14.7. The standard InChI is InChI=1S/C20H6N4Se2/c1-23-17(9-21)15-7-13-12-4-6-26-20(12)16(18(10-22)24-2)8-14(13)11-3-5-25-19(11)15/h3-8H/b17-15-,18-16+. The SMILES string of the molecule is [C-]#[N+]/C(C#N)=c1/cc2c3cc[se]c3/c(=C(\C#N)[N+]#[C-])cc2c2cc[se]c12. The number of benzene rings is 2. The van der Waals surface area contributed by atoms with E-state index in [2.05, 4.69) is 19.6 Å². The third-order valence-corrected chi connectivity index (χ3v) is 8.19. The summed E-state index contributed by atoms with van der Waals surface area (Å²) in [6, 6.07) is 12.0. The molecule has 0 amide bonds. The fourth-order valence-corrected chi connectivity index (χ4v) is 7.02. The summed E-state index contributed by atoms with van der Waals surface area (Å²) in [5, 5.41) is 24.1. The van der Waals surface area contributed by atoms with Crippen LogP contribution in [0.5, 0.6) is 0 Å². The third kappa shape index (κ3) is 2.24. The predicted octanol–water partition coefficient (Wildman–Crippen LogP) is 2.36. The van der Waals surface area contributed by atoms with Gasteiger partial charge >= 0.3 is 161 Å². The maximum absolute atomic E-state index is 9.36. The van der Waals surface area contributed by atoms with Gasteiger partial charge in [-0.3, -0.25) is 0 Å². The molecule has 0 aliphatic heterocycles. The Morgan fingerprint density at radius 1 is 0.769 bits per heavy atom. The van der Waals surface area contributed by atoms with Gasteiger partial charge in [-0.25, -0.2) is 0 Å². The third-order valence-electron chi connectivity index (χ3n) is 4.21. The second-order valence-corrected chi connectivity index (χ2v) is 9.26. The number of hydrogen-bond donors (Lipinski definition) is 0. The van der Waals surface area contributed by atoms with Crippen molar-refractivity contribution in [3.05, 3.63) is 67.4 Å². The minimum atomic E-state index is 0.0617. The summed E-state index contributed by atoms with van der Waals surface area (Å²) in [7, 11) is 0. The molecule has 4 rings (SSSR count). The summed E-state index contributed by atoms with van der Waals surface area (Å²) in [6.07, 6.45) is 0. The van der Waals surface area contributed by atoms with E-state index in [-0.39, 0.29) is 40.4 Å². The monoisotopic (exact) mass is 462 g/mol. The number of nitriles is 2. The van der Waals surface area contributed by atoms with Crippen LogP contribution in [0.25, 0.3) is 51.1 Å². The van der Waals surface area contributed by atoms with Crippen LogP contribution in [0.3, 0.4) is 0 Å². The maximum atomic E-state index is 9.36. The molecule has 0 fully saturated rings. The molecular formula is C20H6N4Se2. The molecule has 6 heteroatoms. The van der Waals surface area contributed by atoms with Crippen molar-refractivity contribution < 1.29 is 0 Å². The van der Waals surface area contributed by atoms with E-state index in [9.17, 15) is 10.5 Å². The van der Waals surface area contributed by atoms with Crippen molar-refractivity contribution in [2.24, 2.45) is 0 Å². The molecule has 0 saturated carbocycles. The van der Waals surface area contributed by atoms with E-state index >= 15 is 0 Å². The molecule has 0 bridgehead atoms. The van der Waals surface area contributed by atoms with E-state index in [0.29, 0.717) is 10.4 Å². The van der Waals surface area contributed by atoms with Crippen LogP contribution in [0, 0.1) is 35.8 Å². The Hall–Kier alpha value is -3.08. The molecule has 0 unspecified atom stereocenters.